The molecule has 0 spiro atoms. The zero-order valence-corrected chi connectivity index (χ0v) is 12.1. The van der Waals surface area contributed by atoms with Crippen molar-refractivity contribution in [1.29, 1.82) is 0 Å². The SMILES string of the molecule is CC(C)CC(CO)NCCCC(C)(C)C(N)=NO. The Kier molecular flexibility index (Phi) is 7.95. The Morgan fingerprint density at radius 1 is 1.39 bits per heavy atom. The van der Waals surface area contributed by atoms with Crippen LogP contribution in [-0.2, 0) is 0 Å². The Hall–Kier alpha value is -0.810. The Morgan fingerprint density at radius 3 is 2.44 bits per heavy atom. The maximum Gasteiger partial charge on any atom is 0.144 e. The fourth-order valence-electron chi connectivity index (χ4n) is 1.89. The normalized spacial score (nSPS) is 15.1. The van der Waals surface area contributed by atoms with Gasteiger partial charge in [-0.2, -0.15) is 0 Å². The molecule has 0 aliphatic heterocycles. The van der Waals surface area contributed by atoms with Crippen molar-refractivity contribution in [1.82, 2.24) is 5.32 Å². The quantitative estimate of drug-likeness (QED) is 0.166. The number of aliphatic hydroxyl groups excluding tert-OH is 1. The average Bonchev–Trinajstić information content (AvgIpc) is 2.31. The summed E-state index contributed by atoms with van der Waals surface area (Å²) in [5, 5.41) is 24.3. The van der Waals surface area contributed by atoms with Gasteiger partial charge in [0.05, 0.1) is 6.61 Å². The van der Waals surface area contributed by atoms with Gasteiger partial charge in [0, 0.05) is 11.5 Å². The average molecular weight is 259 g/mol. The first kappa shape index (κ1) is 17.2. The van der Waals surface area contributed by atoms with E-state index in [0.717, 1.165) is 25.8 Å². The minimum Gasteiger partial charge on any atom is -0.409 e. The summed E-state index contributed by atoms with van der Waals surface area (Å²) in [5.74, 6) is 0.839. The fourth-order valence-corrected chi connectivity index (χ4v) is 1.89. The maximum atomic E-state index is 9.23. The first-order chi connectivity index (χ1) is 8.33. The number of hydrogen-bond acceptors (Lipinski definition) is 4. The van der Waals surface area contributed by atoms with Crippen molar-refractivity contribution in [2.75, 3.05) is 13.2 Å². The van der Waals surface area contributed by atoms with Gasteiger partial charge in [0.1, 0.15) is 5.84 Å². The summed E-state index contributed by atoms with van der Waals surface area (Å²) in [7, 11) is 0. The summed E-state index contributed by atoms with van der Waals surface area (Å²) in [6, 6.07) is 0.164. The Morgan fingerprint density at radius 2 is 2.00 bits per heavy atom. The van der Waals surface area contributed by atoms with Crippen LogP contribution in [-0.4, -0.2) is 35.3 Å². The van der Waals surface area contributed by atoms with E-state index in [1.54, 1.807) is 0 Å². The van der Waals surface area contributed by atoms with Crippen molar-refractivity contribution in [3.63, 3.8) is 0 Å². The number of rotatable bonds is 9. The van der Waals surface area contributed by atoms with Gasteiger partial charge in [0.2, 0.25) is 0 Å². The van der Waals surface area contributed by atoms with Gasteiger partial charge in [-0.15, -0.1) is 0 Å². The molecule has 5 N–H and O–H groups in total. The van der Waals surface area contributed by atoms with Crippen LogP contribution in [0.4, 0.5) is 0 Å². The summed E-state index contributed by atoms with van der Waals surface area (Å²) in [4.78, 5) is 0. The molecule has 0 rings (SSSR count). The number of amidine groups is 1. The minimum absolute atomic E-state index is 0.164. The van der Waals surface area contributed by atoms with Gasteiger partial charge >= 0.3 is 0 Å². The van der Waals surface area contributed by atoms with E-state index in [-0.39, 0.29) is 23.9 Å². The van der Waals surface area contributed by atoms with E-state index in [4.69, 9.17) is 10.9 Å². The molecule has 1 atom stereocenters. The lowest BCUT2D eigenvalue weighted by atomic mass is 9.86. The highest BCUT2D eigenvalue weighted by atomic mass is 16.4. The van der Waals surface area contributed by atoms with Crippen LogP contribution < -0.4 is 11.1 Å². The molecule has 0 aromatic rings. The van der Waals surface area contributed by atoms with Crippen molar-refractivity contribution >= 4 is 5.84 Å². The molecule has 18 heavy (non-hydrogen) atoms. The third-order valence-electron chi connectivity index (χ3n) is 3.19. The Balaban J connectivity index is 3.91. The third-order valence-corrected chi connectivity index (χ3v) is 3.19. The molecule has 0 saturated heterocycles. The van der Waals surface area contributed by atoms with Crippen LogP contribution in [0, 0.1) is 11.3 Å². The second-order valence-corrected chi connectivity index (χ2v) is 5.94. The Bertz CT molecular complexity index is 253. The van der Waals surface area contributed by atoms with E-state index in [0.29, 0.717) is 5.92 Å². The van der Waals surface area contributed by atoms with E-state index in [1.165, 1.54) is 0 Å². The number of oxime groups is 1. The zero-order chi connectivity index (χ0) is 14.2. The van der Waals surface area contributed by atoms with Gasteiger partial charge in [-0.1, -0.05) is 32.9 Å². The molecule has 0 saturated carbocycles. The largest absolute Gasteiger partial charge is 0.409 e. The third kappa shape index (κ3) is 6.81. The predicted molar refractivity (Wildman–Crippen MR) is 74.8 cm³/mol. The van der Waals surface area contributed by atoms with Crippen LogP contribution in [0.5, 0.6) is 0 Å². The van der Waals surface area contributed by atoms with Gasteiger partial charge in [0.15, 0.2) is 0 Å². The second-order valence-electron chi connectivity index (χ2n) is 5.94. The highest BCUT2D eigenvalue weighted by molar-refractivity contribution is 5.85. The molecule has 108 valence electrons. The van der Waals surface area contributed by atoms with E-state index in [9.17, 15) is 5.11 Å². The van der Waals surface area contributed by atoms with Crippen molar-refractivity contribution < 1.29 is 10.3 Å². The van der Waals surface area contributed by atoms with E-state index >= 15 is 0 Å². The number of nitrogens with two attached hydrogens (primary N) is 1. The van der Waals surface area contributed by atoms with E-state index in [2.05, 4.69) is 24.3 Å². The second kappa shape index (κ2) is 8.32. The smallest absolute Gasteiger partial charge is 0.144 e. The summed E-state index contributed by atoms with van der Waals surface area (Å²) < 4.78 is 0. The lowest BCUT2D eigenvalue weighted by Crippen LogP contribution is -2.36. The van der Waals surface area contributed by atoms with Crippen LogP contribution in [0.3, 0.4) is 0 Å². The molecule has 1 unspecified atom stereocenters. The predicted octanol–water partition coefficient (Wildman–Crippen LogP) is 1.54. The van der Waals surface area contributed by atoms with Crippen LogP contribution in [0.25, 0.3) is 0 Å². The highest BCUT2D eigenvalue weighted by Crippen LogP contribution is 2.22. The highest BCUT2D eigenvalue weighted by Gasteiger charge is 2.22. The summed E-state index contributed by atoms with van der Waals surface area (Å²) in [6.45, 7) is 9.21. The summed E-state index contributed by atoms with van der Waals surface area (Å²) in [6.07, 6.45) is 2.74. The van der Waals surface area contributed by atoms with Gasteiger partial charge in [0.25, 0.3) is 0 Å². The standard InChI is InChI=1S/C13H29N3O2/c1-10(2)8-11(9-17)15-7-5-6-13(3,4)12(14)16-18/h10-11,15,17-18H,5-9H2,1-4H3,(H2,14,16). The van der Waals surface area contributed by atoms with Crippen LogP contribution in [0.15, 0.2) is 5.16 Å². The topological polar surface area (TPSA) is 90.9 Å². The van der Waals surface area contributed by atoms with Gasteiger partial charge in [-0.05, 0) is 31.7 Å². The van der Waals surface area contributed by atoms with Crippen molar-refractivity contribution in [2.24, 2.45) is 22.2 Å². The molecular formula is C13H29N3O2. The van der Waals surface area contributed by atoms with Gasteiger partial charge < -0.3 is 21.4 Å². The molecule has 0 aliphatic rings. The van der Waals surface area contributed by atoms with Crippen LogP contribution in [0.1, 0.15) is 47.0 Å². The monoisotopic (exact) mass is 259 g/mol. The van der Waals surface area contributed by atoms with Crippen LogP contribution >= 0.6 is 0 Å². The minimum atomic E-state index is -0.289. The molecule has 5 heteroatoms. The molecule has 0 heterocycles. The first-order valence-corrected chi connectivity index (χ1v) is 6.65. The number of nitrogens with zero attached hydrogens (tertiary/aromatic N) is 1. The first-order valence-electron chi connectivity index (χ1n) is 6.65. The van der Waals surface area contributed by atoms with E-state index < -0.39 is 0 Å². The number of aliphatic hydroxyl groups is 1. The summed E-state index contributed by atoms with van der Waals surface area (Å²) in [5.41, 5.74) is 5.34. The lowest BCUT2D eigenvalue weighted by Gasteiger charge is -2.24. The molecule has 0 aliphatic carbocycles. The van der Waals surface area contributed by atoms with E-state index in [1.807, 2.05) is 13.8 Å². The summed E-state index contributed by atoms with van der Waals surface area (Å²) >= 11 is 0. The molecule has 0 fully saturated rings. The van der Waals surface area contributed by atoms with Crippen molar-refractivity contribution in [3.05, 3.63) is 0 Å². The fraction of sp³-hybridized carbons (Fsp3) is 0.923. The van der Waals surface area contributed by atoms with Crippen molar-refractivity contribution in [2.45, 2.75) is 53.0 Å². The zero-order valence-electron chi connectivity index (χ0n) is 12.1. The molecule has 0 aromatic heterocycles. The molecule has 0 bridgehead atoms. The lowest BCUT2D eigenvalue weighted by molar-refractivity contribution is 0.223. The number of nitrogens with one attached hydrogen (secondary N) is 1. The van der Waals surface area contributed by atoms with Gasteiger partial charge in [-0.25, -0.2) is 0 Å². The van der Waals surface area contributed by atoms with Crippen LogP contribution in [0.2, 0.25) is 0 Å². The molecule has 0 aromatic carbocycles. The Labute approximate surface area is 110 Å². The maximum absolute atomic E-state index is 9.23. The molecule has 5 nitrogen and oxygen atoms in total. The molecule has 0 radical (unpaired) electrons. The van der Waals surface area contributed by atoms with Crippen molar-refractivity contribution in [3.8, 4) is 0 Å². The molecule has 0 amide bonds. The number of hydrogen-bond donors (Lipinski definition) is 4. The molecular weight excluding hydrogens is 230 g/mol. The van der Waals surface area contributed by atoms with Gasteiger partial charge in [-0.3, -0.25) is 0 Å².